The number of thiazole rings is 1. The predicted molar refractivity (Wildman–Crippen MR) is 77.6 cm³/mol. The molecule has 0 atom stereocenters. The first-order valence-electron chi connectivity index (χ1n) is 6.36. The molecule has 0 radical (unpaired) electrons. The molecule has 1 aromatic heterocycles. The van der Waals surface area contributed by atoms with E-state index in [2.05, 4.69) is 4.98 Å². The summed E-state index contributed by atoms with van der Waals surface area (Å²) in [7, 11) is 1.72. The van der Waals surface area contributed by atoms with Crippen LogP contribution in [0.25, 0.3) is 10.2 Å². The van der Waals surface area contributed by atoms with Crippen LogP contribution in [-0.4, -0.2) is 33.9 Å². The van der Waals surface area contributed by atoms with Gasteiger partial charge in [0, 0.05) is 19.9 Å². The molecule has 20 heavy (non-hydrogen) atoms. The van der Waals surface area contributed by atoms with Crippen molar-refractivity contribution in [2.75, 3.05) is 7.05 Å². The minimum atomic E-state index is -0.869. The van der Waals surface area contributed by atoms with E-state index in [9.17, 15) is 9.59 Å². The Hall–Kier alpha value is -1.95. The van der Waals surface area contributed by atoms with Gasteiger partial charge in [-0.15, -0.1) is 11.3 Å². The zero-order chi connectivity index (χ0) is 14.5. The van der Waals surface area contributed by atoms with Crippen LogP contribution in [0, 0.1) is 0 Å². The van der Waals surface area contributed by atoms with Crippen molar-refractivity contribution >= 4 is 33.4 Å². The highest BCUT2D eigenvalue weighted by atomic mass is 32.1. The van der Waals surface area contributed by atoms with Crippen LogP contribution in [0.1, 0.15) is 24.3 Å². The van der Waals surface area contributed by atoms with Crippen LogP contribution >= 0.6 is 11.3 Å². The van der Waals surface area contributed by atoms with Gasteiger partial charge in [0.2, 0.25) is 5.91 Å². The Bertz CT molecular complexity index is 591. The lowest BCUT2D eigenvalue weighted by atomic mass is 10.2. The highest BCUT2D eigenvalue weighted by molar-refractivity contribution is 7.18. The average molecular weight is 292 g/mol. The molecule has 0 aliphatic rings. The van der Waals surface area contributed by atoms with Crippen LogP contribution in [-0.2, 0) is 16.1 Å². The van der Waals surface area contributed by atoms with Crippen LogP contribution in [0.2, 0.25) is 0 Å². The lowest BCUT2D eigenvalue weighted by molar-refractivity contribution is -0.137. The normalized spacial score (nSPS) is 10.7. The molecule has 0 aliphatic heterocycles. The fourth-order valence-corrected chi connectivity index (χ4v) is 2.88. The van der Waals surface area contributed by atoms with Gasteiger partial charge in [0.15, 0.2) is 0 Å². The van der Waals surface area contributed by atoms with Gasteiger partial charge in [-0.25, -0.2) is 4.98 Å². The molecule has 106 valence electrons. The van der Waals surface area contributed by atoms with E-state index < -0.39 is 5.97 Å². The number of aliphatic carboxylic acids is 1. The molecular formula is C14H16N2O3S. The monoisotopic (exact) mass is 292 g/mol. The van der Waals surface area contributed by atoms with Crippen molar-refractivity contribution in [2.45, 2.75) is 25.8 Å². The number of fused-ring (bicyclic) bond motifs is 1. The van der Waals surface area contributed by atoms with E-state index in [0.29, 0.717) is 13.0 Å². The second-order valence-corrected chi connectivity index (χ2v) is 5.69. The Morgan fingerprint density at radius 3 is 2.75 bits per heavy atom. The lowest BCUT2D eigenvalue weighted by Crippen LogP contribution is -2.25. The van der Waals surface area contributed by atoms with Crippen molar-refractivity contribution < 1.29 is 14.7 Å². The predicted octanol–water partition coefficient (Wildman–Crippen LogP) is 2.51. The van der Waals surface area contributed by atoms with Gasteiger partial charge in [-0.3, -0.25) is 9.59 Å². The fraction of sp³-hybridized carbons (Fsp3) is 0.357. The maximum atomic E-state index is 11.9. The van der Waals surface area contributed by atoms with E-state index >= 15 is 0 Å². The SMILES string of the molecule is CN(Cc1nc2ccccc2s1)C(=O)CCCC(=O)O. The van der Waals surface area contributed by atoms with Crippen molar-refractivity contribution in [3.63, 3.8) is 0 Å². The average Bonchev–Trinajstić information content (AvgIpc) is 2.80. The molecule has 0 spiro atoms. The molecule has 2 rings (SSSR count). The summed E-state index contributed by atoms with van der Waals surface area (Å²) in [6.45, 7) is 0.464. The van der Waals surface area contributed by atoms with Crippen LogP contribution < -0.4 is 0 Å². The van der Waals surface area contributed by atoms with Gasteiger partial charge in [0.25, 0.3) is 0 Å². The summed E-state index contributed by atoms with van der Waals surface area (Å²) in [4.78, 5) is 28.3. The van der Waals surface area contributed by atoms with E-state index in [1.54, 1.807) is 23.3 Å². The summed E-state index contributed by atoms with van der Waals surface area (Å²) >= 11 is 1.57. The third-order valence-corrected chi connectivity index (χ3v) is 3.94. The van der Waals surface area contributed by atoms with Crippen molar-refractivity contribution in [3.05, 3.63) is 29.3 Å². The maximum Gasteiger partial charge on any atom is 0.303 e. The number of carboxylic acids is 1. The Balaban J connectivity index is 1.91. The number of para-hydroxylation sites is 1. The number of benzene rings is 1. The molecule has 0 saturated carbocycles. The molecule has 0 unspecified atom stereocenters. The zero-order valence-corrected chi connectivity index (χ0v) is 12.0. The summed E-state index contributed by atoms with van der Waals surface area (Å²) in [6.07, 6.45) is 0.659. The number of rotatable bonds is 6. The molecule has 1 N–H and O–H groups in total. The summed E-state index contributed by atoms with van der Waals surface area (Å²) in [6, 6.07) is 7.85. The van der Waals surface area contributed by atoms with E-state index in [0.717, 1.165) is 15.2 Å². The lowest BCUT2D eigenvalue weighted by Gasteiger charge is -2.15. The van der Waals surface area contributed by atoms with Gasteiger partial charge in [-0.1, -0.05) is 12.1 Å². The number of aromatic nitrogens is 1. The molecule has 0 aliphatic carbocycles. The van der Waals surface area contributed by atoms with Gasteiger partial charge in [-0.2, -0.15) is 0 Å². The summed E-state index contributed by atoms with van der Waals surface area (Å²) in [5, 5.41) is 9.44. The molecule has 0 bridgehead atoms. The Labute approximate surface area is 120 Å². The number of carboxylic acid groups (broad SMARTS) is 1. The van der Waals surface area contributed by atoms with Crippen LogP contribution in [0.4, 0.5) is 0 Å². The minimum Gasteiger partial charge on any atom is -0.481 e. The van der Waals surface area contributed by atoms with E-state index in [1.165, 1.54) is 0 Å². The summed E-state index contributed by atoms with van der Waals surface area (Å²) in [5.41, 5.74) is 0.944. The van der Waals surface area contributed by atoms with Crippen molar-refractivity contribution in [1.29, 1.82) is 0 Å². The van der Waals surface area contributed by atoms with Crippen molar-refractivity contribution in [1.82, 2.24) is 9.88 Å². The minimum absolute atomic E-state index is 0.0285. The van der Waals surface area contributed by atoms with E-state index in [-0.39, 0.29) is 18.7 Å². The zero-order valence-electron chi connectivity index (χ0n) is 11.2. The van der Waals surface area contributed by atoms with Crippen molar-refractivity contribution in [2.24, 2.45) is 0 Å². The first-order valence-corrected chi connectivity index (χ1v) is 7.18. The Morgan fingerprint density at radius 2 is 2.05 bits per heavy atom. The number of carbonyl (C=O) groups is 2. The van der Waals surface area contributed by atoms with Gasteiger partial charge < -0.3 is 10.0 Å². The van der Waals surface area contributed by atoms with Gasteiger partial charge in [0.1, 0.15) is 5.01 Å². The summed E-state index contributed by atoms with van der Waals surface area (Å²) < 4.78 is 1.11. The number of amides is 1. The number of nitrogens with zero attached hydrogens (tertiary/aromatic N) is 2. The summed E-state index contributed by atoms with van der Waals surface area (Å²) in [5.74, 6) is -0.919. The van der Waals surface area contributed by atoms with Gasteiger partial charge in [0.05, 0.1) is 16.8 Å². The maximum absolute atomic E-state index is 11.9. The molecule has 1 heterocycles. The molecule has 1 amide bonds. The van der Waals surface area contributed by atoms with Crippen LogP contribution in [0.15, 0.2) is 24.3 Å². The molecule has 1 aromatic carbocycles. The van der Waals surface area contributed by atoms with E-state index in [1.807, 2.05) is 24.3 Å². The first kappa shape index (κ1) is 14.5. The van der Waals surface area contributed by atoms with Crippen molar-refractivity contribution in [3.8, 4) is 0 Å². The largest absolute Gasteiger partial charge is 0.481 e. The topological polar surface area (TPSA) is 70.5 Å². The number of hydrogen-bond donors (Lipinski definition) is 1. The number of hydrogen-bond acceptors (Lipinski definition) is 4. The molecule has 5 nitrogen and oxygen atoms in total. The molecule has 0 fully saturated rings. The third kappa shape index (κ3) is 3.77. The van der Waals surface area contributed by atoms with Crippen LogP contribution in [0.5, 0.6) is 0 Å². The van der Waals surface area contributed by atoms with Crippen LogP contribution in [0.3, 0.4) is 0 Å². The third-order valence-electron chi connectivity index (χ3n) is 2.92. The quantitative estimate of drug-likeness (QED) is 0.888. The fourth-order valence-electron chi connectivity index (χ4n) is 1.86. The molecule has 0 saturated heterocycles. The highest BCUT2D eigenvalue weighted by Gasteiger charge is 2.12. The molecule has 2 aromatic rings. The van der Waals surface area contributed by atoms with Gasteiger partial charge in [-0.05, 0) is 18.6 Å². The smallest absolute Gasteiger partial charge is 0.303 e. The van der Waals surface area contributed by atoms with Gasteiger partial charge >= 0.3 is 5.97 Å². The highest BCUT2D eigenvalue weighted by Crippen LogP contribution is 2.22. The number of carbonyl (C=O) groups excluding carboxylic acids is 1. The Morgan fingerprint density at radius 1 is 1.30 bits per heavy atom. The standard InChI is InChI=1S/C14H16N2O3S/c1-16(13(17)7-4-8-14(18)19)9-12-15-10-5-2-3-6-11(10)20-12/h2-3,5-6H,4,7-9H2,1H3,(H,18,19). The first-order chi connectivity index (χ1) is 9.56. The second kappa shape index (κ2) is 6.47. The molecular weight excluding hydrogens is 276 g/mol. The second-order valence-electron chi connectivity index (χ2n) is 4.57. The molecule has 6 heteroatoms. The Kier molecular flexibility index (Phi) is 4.68. The van der Waals surface area contributed by atoms with E-state index in [4.69, 9.17) is 5.11 Å².